The van der Waals surface area contributed by atoms with Crippen LogP contribution in [0.1, 0.15) is 24.7 Å². The van der Waals surface area contributed by atoms with Crippen molar-refractivity contribution in [1.29, 1.82) is 0 Å². The van der Waals surface area contributed by atoms with Gasteiger partial charge < -0.3 is 24.7 Å². The molecule has 1 saturated heterocycles. The monoisotopic (exact) mass is 529 g/mol. The third kappa shape index (κ3) is 6.46. The average molecular weight is 529 g/mol. The summed E-state index contributed by atoms with van der Waals surface area (Å²) in [5.41, 5.74) is 1.18. The molecule has 30 heavy (non-hydrogen) atoms. The zero-order valence-electron chi connectivity index (χ0n) is 18.1. The first-order valence-electron chi connectivity index (χ1n) is 9.93. The number of nitrogens with one attached hydrogen (secondary N) is 2. The van der Waals surface area contributed by atoms with E-state index in [9.17, 15) is 0 Å². The summed E-state index contributed by atoms with van der Waals surface area (Å²) in [6.07, 6.45) is 2.81. The van der Waals surface area contributed by atoms with Gasteiger partial charge >= 0.3 is 0 Å². The zero-order chi connectivity index (χ0) is 20.6. The molecule has 1 aromatic carbocycles. The Morgan fingerprint density at radius 2 is 1.97 bits per heavy atom. The van der Waals surface area contributed by atoms with E-state index in [0.29, 0.717) is 12.6 Å². The van der Waals surface area contributed by atoms with E-state index in [0.717, 1.165) is 55.9 Å². The van der Waals surface area contributed by atoms with Crippen LogP contribution in [-0.2, 0) is 19.6 Å². The summed E-state index contributed by atoms with van der Waals surface area (Å²) >= 11 is 0. The Kier molecular flexibility index (Phi) is 9.63. The van der Waals surface area contributed by atoms with E-state index >= 15 is 0 Å². The normalized spacial score (nSPS) is 16.8. The van der Waals surface area contributed by atoms with E-state index in [1.54, 1.807) is 27.6 Å². The number of aromatic nitrogens is 3. The van der Waals surface area contributed by atoms with Crippen molar-refractivity contribution in [3.05, 3.63) is 35.9 Å². The molecule has 2 N–H and O–H groups in total. The van der Waals surface area contributed by atoms with Crippen molar-refractivity contribution in [2.45, 2.75) is 39.0 Å². The lowest BCUT2D eigenvalue weighted by atomic mass is 10.2. The zero-order valence-corrected chi connectivity index (χ0v) is 20.4. The highest BCUT2D eigenvalue weighted by molar-refractivity contribution is 14.0. The lowest BCUT2D eigenvalue weighted by Crippen LogP contribution is -2.44. The molecule has 0 saturated carbocycles. The van der Waals surface area contributed by atoms with Gasteiger partial charge in [0.05, 0.1) is 20.8 Å². The number of nitrogens with zero attached hydrogens (tertiary/aromatic N) is 5. The van der Waals surface area contributed by atoms with Gasteiger partial charge in [-0.2, -0.15) is 0 Å². The van der Waals surface area contributed by atoms with Crippen LogP contribution >= 0.6 is 24.0 Å². The number of benzene rings is 1. The minimum atomic E-state index is 0. The lowest BCUT2D eigenvalue weighted by Gasteiger charge is -2.19. The van der Waals surface area contributed by atoms with Gasteiger partial charge in [-0.1, -0.05) is 0 Å². The molecule has 3 rings (SSSR count). The summed E-state index contributed by atoms with van der Waals surface area (Å²) in [5.74, 6) is 3.32. The molecule has 2 heterocycles. The Hall–Kier alpha value is -2.08. The summed E-state index contributed by atoms with van der Waals surface area (Å²) in [4.78, 5) is 6.77. The Labute approximate surface area is 195 Å². The van der Waals surface area contributed by atoms with Crippen molar-refractivity contribution < 1.29 is 9.47 Å². The number of aliphatic imine (C=N–C) groups is 1. The third-order valence-electron chi connectivity index (χ3n) is 5.10. The van der Waals surface area contributed by atoms with Crippen LogP contribution in [0.5, 0.6) is 11.5 Å². The smallest absolute Gasteiger partial charge is 0.191 e. The van der Waals surface area contributed by atoms with E-state index in [1.165, 1.54) is 5.56 Å². The van der Waals surface area contributed by atoms with Crippen molar-refractivity contribution in [1.82, 2.24) is 30.3 Å². The highest BCUT2D eigenvalue weighted by atomic mass is 127. The summed E-state index contributed by atoms with van der Waals surface area (Å²) in [6.45, 7) is 6.35. The summed E-state index contributed by atoms with van der Waals surface area (Å²) in [5, 5.41) is 15.0. The Balaban J connectivity index is 0.00000320. The van der Waals surface area contributed by atoms with Gasteiger partial charge in [-0.3, -0.25) is 9.89 Å². The van der Waals surface area contributed by atoms with Gasteiger partial charge in [0.25, 0.3) is 0 Å². The van der Waals surface area contributed by atoms with Crippen LogP contribution < -0.4 is 20.1 Å². The minimum Gasteiger partial charge on any atom is -0.497 e. The summed E-state index contributed by atoms with van der Waals surface area (Å²) in [7, 11) is 5.14. The molecular weight excluding hydrogens is 497 g/mol. The van der Waals surface area contributed by atoms with Gasteiger partial charge in [0.1, 0.15) is 17.8 Å². The second-order valence-electron chi connectivity index (χ2n) is 7.04. The van der Waals surface area contributed by atoms with Gasteiger partial charge in [0, 0.05) is 45.3 Å². The lowest BCUT2D eigenvalue weighted by molar-refractivity contribution is 0.321. The predicted molar refractivity (Wildman–Crippen MR) is 128 cm³/mol. The molecule has 0 bridgehead atoms. The SMILES string of the molecule is CCn1cnnc1CNC(=NC)NC1CCN(Cc2cc(OC)cc(OC)c2)C1.I. The summed E-state index contributed by atoms with van der Waals surface area (Å²) < 4.78 is 12.8. The first-order chi connectivity index (χ1) is 14.1. The maximum Gasteiger partial charge on any atom is 0.191 e. The molecule has 1 atom stereocenters. The number of aryl methyl sites for hydroxylation is 1. The molecule has 1 fully saturated rings. The van der Waals surface area contributed by atoms with Crippen LogP contribution in [0.4, 0.5) is 0 Å². The molecule has 0 aliphatic carbocycles. The van der Waals surface area contributed by atoms with E-state index in [2.05, 4.69) is 49.8 Å². The standard InChI is InChI=1S/C20H31N7O2.HI/c1-5-27-14-23-25-19(27)11-22-20(21-2)24-16-6-7-26(13-16)12-15-8-17(28-3)10-18(9-15)29-4;/h8-10,14,16H,5-7,11-13H2,1-4H3,(H2,21,22,24);1H. The first-order valence-corrected chi connectivity index (χ1v) is 9.93. The number of likely N-dealkylation sites (tertiary alicyclic amines) is 1. The molecule has 0 amide bonds. The van der Waals surface area contributed by atoms with Crippen LogP contribution in [-0.4, -0.2) is 66.0 Å². The van der Waals surface area contributed by atoms with Crippen molar-refractivity contribution in [2.75, 3.05) is 34.4 Å². The van der Waals surface area contributed by atoms with Crippen LogP contribution in [0.15, 0.2) is 29.5 Å². The topological polar surface area (TPSA) is 88.8 Å². The molecule has 2 aromatic rings. The number of guanidine groups is 1. The van der Waals surface area contributed by atoms with Crippen LogP contribution in [0.2, 0.25) is 0 Å². The molecule has 1 aliphatic heterocycles. The Morgan fingerprint density at radius 3 is 2.60 bits per heavy atom. The molecule has 1 aromatic heterocycles. The van der Waals surface area contributed by atoms with E-state index < -0.39 is 0 Å². The van der Waals surface area contributed by atoms with Crippen molar-refractivity contribution in [3.8, 4) is 11.5 Å². The van der Waals surface area contributed by atoms with E-state index in [1.807, 2.05) is 10.6 Å². The average Bonchev–Trinajstić information content (AvgIpc) is 3.39. The van der Waals surface area contributed by atoms with Crippen molar-refractivity contribution >= 4 is 29.9 Å². The molecular formula is C20H32IN7O2. The molecule has 0 spiro atoms. The maximum absolute atomic E-state index is 5.38. The Morgan fingerprint density at radius 1 is 1.23 bits per heavy atom. The second-order valence-corrected chi connectivity index (χ2v) is 7.04. The summed E-state index contributed by atoms with van der Waals surface area (Å²) in [6, 6.07) is 6.37. The molecule has 1 unspecified atom stereocenters. The number of rotatable bonds is 8. The van der Waals surface area contributed by atoms with Gasteiger partial charge in [0.15, 0.2) is 11.8 Å². The number of halogens is 1. The third-order valence-corrected chi connectivity index (χ3v) is 5.10. The quantitative estimate of drug-likeness (QED) is 0.307. The fraction of sp³-hybridized carbons (Fsp3) is 0.550. The predicted octanol–water partition coefficient (Wildman–Crippen LogP) is 1.87. The second kappa shape index (κ2) is 11.9. The highest BCUT2D eigenvalue weighted by Crippen LogP contribution is 2.24. The fourth-order valence-corrected chi connectivity index (χ4v) is 3.54. The van der Waals surface area contributed by atoms with Crippen molar-refractivity contribution in [3.63, 3.8) is 0 Å². The maximum atomic E-state index is 5.38. The minimum absolute atomic E-state index is 0. The molecule has 0 radical (unpaired) electrons. The van der Waals surface area contributed by atoms with Gasteiger partial charge in [-0.25, -0.2) is 0 Å². The highest BCUT2D eigenvalue weighted by Gasteiger charge is 2.23. The Bertz CT molecular complexity index is 805. The van der Waals surface area contributed by atoms with Crippen LogP contribution in [0.25, 0.3) is 0 Å². The first kappa shape index (κ1) is 24.2. The van der Waals surface area contributed by atoms with Gasteiger partial charge in [-0.15, -0.1) is 34.2 Å². The fourth-order valence-electron chi connectivity index (χ4n) is 3.54. The van der Waals surface area contributed by atoms with Crippen molar-refractivity contribution in [2.24, 2.45) is 4.99 Å². The number of methoxy groups -OCH3 is 2. The van der Waals surface area contributed by atoms with Crippen LogP contribution in [0.3, 0.4) is 0 Å². The number of ether oxygens (including phenoxy) is 2. The largest absolute Gasteiger partial charge is 0.497 e. The van der Waals surface area contributed by atoms with E-state index in [4.69, 9.17) is 9.47 Å². The van der Waals surface area contributed by atoms with Crippen LogP contribution in [0, 0.1) is 0 Å². The van der Waals surface area contributed by atoms with E-state index in [-0.39, 0.29) is 24.0 Å². The van der Waals surface area contributed by atoms with Gasteiger partial charge in [-0.05, 0) is 31.0 Å². The number of hydrogen-bond acceptors (Lipinski definition) is 6. The molecule has 166 valence electrons. The van der Waals surface area contributed by atoms with Gasteiger partial charge in [0.2, 0.25) is 0 Å². The number of hydrogen-bond donors (Lipinski definition) is 2. The molecule has 9 nitrogen and oxygen atoms in total. The molecule has 1 aliphatic rings. The molecule has 10 heteroatoms.